The third-order valence-corrected chi connectivity index (χ3v) is 6.15. The molecule has 0 bridgehead atoms. The van der Waals surface area contributed by atoms with E-state index in [1.807, 2.05) is 0 Å². The maximum absolute atomic E-state index is 10.7. The van der Waals surface area contributed by atoms with Crippen LogP contribution in [-0.2, 0) is 23.7 Å². The van der Waals surface area contributed by atoms with Gasteiger partial charge in [-0.3, -0.25) is 0 Å². The molecule has 15 atom stereocenters. The molecule has 16 heteroatoms. The summed E-state index contributed by atoms with van der Waals surface area (Å²) in [5, 5.41) is 99.2. The van der Waals surface area contributed by atoms with Gasteiger partial charge in [0.05, 0.1) is 25.9 Å². The molecule has 0 amide bonds. The van der Waals surface area contributed by atoms with Crippen molar-refractivity contribution in [2.24, 2.45) is 5.73 Å². The lowest BCUT2D eigenvalue weighted by molar-refractivity contribution is -0.359. The minimum atomic E-state index is -1.90. The summed E-state index contributed by atoms with van der Waals surface area (Å²) < 4.78 is 26.4. The zero-order chi connectivity index (χ0) is 25.3. The fourth-order valence-corrected chi connectivity index (χ4v) is 3.99. The van der Waals surface area contributed by atoms with Gasteiger partial charge in [0, 0.05) is 0 Å². The Morgan fingerprint density at radius 3 is 1.74 bits per heavy atom. The Bertz CT molecular complexity index is 642. The number of aliphatic hydroxyl groups excluding tert-OH is 10. The SMILES string of the molecule is N[C@H]1[C@H](OC[C@H]2OC(O)[C@H](O)[C@@H](O[C@@H]3O[C@H](CO)[C@@H](O)[C@H](O)[C@H]3O)[C@@H]2O)O[C@H](CO)[C@@H](O)[C@@H]1O. The molecule has 3 heterocycles. The molecule has 3 fully saturated rings. The van der Waals surface area contributed by atoms with E-state index in [1.165, 1.54) is 0 Å². The smallest absolute Gasteiger partial charge is 0.187 e. The van der Waals surface area contributed by atoms with E-state index in [4.69, 9.17) is 29.4 Å². The molecule has 1 unspecified atom stereocenters. The van der Waals surface area contributed by atoms with Gasteiger partial charge in [-0.05, 0) is 0 Å². The lowest BCUT2D eigenvalue weighted by Gasteiger charge is -2.46. The molecule has 0 spiro atoms. The molecule has 16 nitrogen and oxygen atoms in total. The Hall–Kier alpha value is -0.640. The molecule has 3 saturated heterocycles. The average Bonchev–Trinajstić information content (AvgIpc) is 2.82. The van der Waals surface area contributed by atoms with Gasteiger partial charge >= 0.3 is 0 Å². The third-order valence-electron chi connectivity index (χ3n) is 6.15. The average molecular weight is 503 g/mol. The first-order valence-corrected chi connectivity index (χ1v) is 10.7. The summed E-state index contributed by atoms with van der Waals surface area (Å²) in [7, 11) is 0. The van der Waals surface area contributed by atoms with Crippen molar-refractivity contribution in [1.82, 2.24) is 0 Å². The van der Waals surface area contributed by atoms with E-state index >= 15 is 0 Å². The Labute approximate surface area is 193 Å². The van der Waals surface area contributed by atoms with Gasteiger partial charge in [0.25, 0.3) is 0 Å². The van der Waals surface area contributed by atoms with Crippen LogP contribution in [0.15, 0.2) is 0 Å². The van der Waals surface area contributed by atoms with Gasteiger partial charge in [-0.25, -0.2) is 0 Å². The van der Waals surface area contributed by atoms with Gasteiger partial charge in [0.1, 0.15) is 67.1 Å². The molecule has 34 heavy (non-hydrogen) atoms. The minimum Gasteiger partial charge on any atom is -0.394 e. The molecule has 0 aromatic heterocycles. The molecule has 3 rings (SSSR count). The van der Waals surface area contributed by atoms with Crippen molar-refractivity contribution in [2.75, 3.05) is 19.8 Å². The molecule has 200 valence electrons. The first-order valence-electron chi connectivity index (χ1n) is 10.7. The molecular formula is C18H33NO15. The van der Waals surface area contributed by atoms with E-state index in [9.17, 15) is 51.1 Å². The zero-order valence-electron chi connectivity index (χ0n) is 17.9. The maximum atomic E-state index is 10.7. The van der Waals surface area contributed by atoms with Crippen LogP contribution in [0.25, 0.3) is 0 Å². The number of hydrogen-bond donors (Lipinski definition) is 11. The standard InChI is InChI=1S/C18H33NO15/c19-7-11(25)8(22)4(1-20)32-17(7)30-3-6-10(24)15(14(28)16(29)31-6)34-18-13(27)12(26)9(23)5(2-21)33-18/h4-18,20-29H,1-3,19H2/t4-,5-,6-,7-,8-,9-,10-,11-,12+,13-,14-,15+,16?,17-,18+/m1/s1. The first-order chi connectivity index (χ1) is 16.0. The molecule has 3 aliphatic rings. The van der Waals surface area contributed by atoms with E-state index < -0.39 is 112 Å². The van der Waals surface area contributed by atoms with Crippen molar-refractivity contribution < 1.29 is 74.7 Å². The predicted octanol–water partition coefficient (Wildman–Crippen LogP) is -7.61. The summed E-state index contributed by atoms with van der Waals surface area (Å²) in [5.41, 5.74) is 5.78. The lowest BCUT2D eigenvalue weighted by atomic mass is 9.96. The number of aliphatic hydroxyl groups is 10. The van der Waals surface area contributed by atoms with E-state index in [0.29, 0.717) is 0 Å². The fourth-order valence-electron chi connectivity index (χ4n) is 3.99. The van der Waals surface area contributed by atoms with Crippen LogP contribution in [0.1, 0.15) is 0 Å². The fraction of sp³-hybridized carbons (Fsp3) is 1.00. The normalized spacial score (nSPS) is 52.5. The Balaban J connectivity index is 1.65. The van der Waals surface area contributed by atoms with Gasteiger partial charge in [-0.1, -0.05) is 0 Å². The van der Waals surface area contributed by atoms with Crippen LogP contribution in [0.4, 0.5) is 0 Å². The highest BCUT2D eigenvalue weighted by Gasteiger charge is 2.51. The van der Waals surface area contributed by atoms with Gasteiger partial charge in [-0.15, -0.1) is 0 Å². The maximum Gasteiger partial charge on any atom is 0.187 e. The van der Waals surface area contributed by atoms with E-state index in [2.05, 4.69) is 0 Å². The lowest BCUT2D eigenvalue weighted by Crippen LogP contribution is -2.65. The van der Waals surface area contributed by atoms with Gasteiger partial charge in [0.15, 0.2) is 18.9 Å². The second-order valence-corrected chi connectivity index (χ2v) is 8.46. The summed E-state index contributed by atoms with van der Waals surface area (Å²) in [6.45, 7) is -1.91. The zero-order valence-corrected chi connectivity index (χ0v) is 17.9. The van der Waals surface area contributed by atoms with Crippen molar-refractivity contribution >= 4 is 0 Å². The summed E-state index contributed by atoms with van der Waals surface area (Å²) in [4.78, 5) is 0. The molecule has 0 aliphatic carbocycles. The second-order valence-electron chi connectivity index (χ2n) is 8.46. The Morgan fingerprint density at radius 1 is 0.588 bits per heavy atom. The summed E-state index contributed by atoms with van der Waals surface area (Å²) in [5.74, 6) is 0. The highest BCUT2D eigenvalue weighted by atomic mass is 16.7. The summed E-state index contributed by atoms with van der Waals surface area (Å²) >= 11 is 0. The predicted molar refractivity (Wildman–Crippen MR) is 103 cm³/mol. The van der Waals surface area contributed by atoms with Crippen LogP contribution < -0.4 is 5.73 Å². The van der Waals surface area contributed by atoms with E-state index in [1.54, 1.807) is 0 Å². The monoisotopic (exact) mass is 503 g/mol. The molecule has 0 aromatic carbocycles. The molecule has 3 aliphatic heterocycles. The van der Waals surface area contributed by atoms with Crippen LogP contribution in [0.5, 0.6) is 0 Å². The second kappa shape index (κ2) is 11.6. The van der Waals surface area contributed by atoms with Crippen molar-refractivity contribution in [1.29, 1.82) is 0 Å². The van der Waals surface area contributed by atoms with Crippen LogP contribution in [0.3, 0.4) is 0 Å². The molecular weight excluding hydrogens is 470 g/mol. The molecule has 0 aromatic rings. The van der Waals surface area contributed by atoms with Crippen LogP contribution >= 0.6 is 0 Å². The quantitative estimate of drug-likeness (QED) is 0.154. The molecule has 12 N–H and O–H groups in total. The summed E-state index contributed by atoms with van der Waals surface area (Å²) in [6, 6.07) is -1.24. The highest BCUT2D eigenvalue weighted by Crippen LogP contribution is 2.29. The van der Waals surface area contributed by atoms with E-state index in [-0.39, 0.29) is 0 Å². The first kappa shape index (κ1) is 27.9. The molecule has 0 radical (unpaired) electrons. The van der Waals surface area contributed by atoms with Crippen molar-refractivity contribution in [2.45, 2.75) is 92.1 Å². The minimum absolute atomic E-state index is 0.529. The largest absolute Gasteiger partial charge is 0.394 e. The number of hydrogen-bond acceptors (Lipinski definition) is 16. The molecule has 0 saturated carbocycles. The van der Waals surface area contributed by atoms with Crippen molar-refractivity contribution in [3.05, 3.63) is 0 Å². The van der Waals surface area contributed by atoms with Gasteiger partial charge < -0.3 is 80.5 Å². The highest BCUT2D eigenvalue weighted by molar-refractivity contribution is 4.95. The topological polar surface area (TPSA) is 274 Å². The van der Waals surface area contributed by atoms with Gasteiger partial charge in [-0.2, -0.15) is 0 Å². The summed E-state index contributed by atoms with van der Waals surface area (Å²) in [6.07, 6.45) is -22.3. The van der Waals surface area contributed by atoms with Crippen LogP contribution in [0, 0.1) is 0 Å². The van der Waals surface area contributed by atoms with Crippen LogP contribution in [0.2, 0.25) is 0 Å². The number of nitrogens with two attached hydrogens (primary N) is 1. The Morgan fingerprint density at radius 2 is 1.15 bits per heavy atom. The van der Waals surface area contributed by atoms with Gasteiger partial charge in [0.2, 0.25) is 0 Å². The third kappa shape index (κ3) is 5.52. The number of ether oxygens (including phenoxy) is 5. The van der Waals surface area contributed by atoms with E-state index in [0.717, 1.165) is 0 Å². The van der Waals surface area contributed by atoms with Crippen LogP contribution in [-0.4, -0.2) is 163 Å². The van der Waals surface area contributed by atoms with Crippen molar-refractivity contribution in [3.63, 3.8) is 0 Å². The van der Waals surface area contributed by atoms with Crippen molar-refractivity contribution in [3.8, 4) is 0 Å². The number of rotatable bonds is 7. The Kier molecular flexibility index (Phi) is 9.54.